The number of carbonyl (C=O) groups is 1. The number of amides is 1. The van der Waals surface area contributed by atoms with Crippen molar-refractivity contribution in [1.82, 2.24) is 0 Å². The first kappa shape index (κ1) is 20.6. The molecule has 150 valence electrons. The molecule has 6 heteroatoms. The number of hydrogen-bond donors (Lipinski definition) is 0. The fourth-order valence-corrected chi connectivity index (χ4v) is 4.41. The van der Waals surface area contributed by atoms with Gasteiger partial charge < -0.3 is 4.90 Å². The van der Waals surface area contributed by atoms with Crippen LogP contribution in [-0.4, -0.2) is 27.9 Å². The Kier molecular flexibility index (Phi) is 6.03. The lowest BCUT2D eigenvalue weighted by molar-refractivity contribution is 0.0988. The molecule has 0 unspecified atom stereocenters. The Hall–Kier alpha value is -3.12. The van der Waals surface area contributed by atoms with Crippen molar-refractivity contribution in [2.75, 3.05) is 22.8 Å². The van der Waals surface area contributed by atoms with Gasteiger partial charge in [0.2, 0.25) is 0 Å². The van der Waals surface area contributed by atoms with Gasteiger partial charge in [-0.3, -0.25) is 9.10 Å². The third-order valence-electron chi connectivity index (χ3n) is 4.83. The molecule has 0 spiro atoms. The summed E-state index contributed by atoms with van der Waals surface area (Å²) in [5.41, 5.74) is 2.68. The van der Waals surface area contributed by atoms with E-state index in [1.165, 1.54) is 23.5 Å². The van der Waals surface area contributed by atoms with Gasteiger partial charge in [-0.1, -0.05) is 42.5 Å². The second-order valence-electron chi connectivity index (χ2n) is 6.67. The average Bonchev–Trinajstić information content (AvgIpc) is 2.75. The molecule has 0 N–H and O–H groups in total. The number of rotatable bonds is 6. The second-order valence-corrected chi connectivity index (χ2v) is 8.64. The summed E-state index contributed by atoms with van der Waals surface area (Å²) in [6.45, 7) is 4.32. The van der Waals surface area contributed by atoms with E-state index in [4.69, 9.17) is 0 Å². The molecule has 0 radical (unpaired) electrons. The van der Waals surface area contributed by atoms with Crippen LogP contribution in [0.3, 0.4) is 0 Å². The third kappa shape index (κ3) is 4.17. The van der Waals surface area contributed by atoms with E-state index in [9.17, 15) is 13.2 Å². The van der Waals surface area contributed by atoms with Crippen molar-refractivity contribution < 1.29 is 13.2 Å². The smallest absolute Gasteiger partial charge is 0.264 e. The molecule has 1 amide bonds. The number of hydrogen-bond acceptors (Lipinski definition) is 3. The minimum atomic E-state index is -3.79. The molecule has 0 aliphatic carbocycles. The van der Waals surface area contributed by atoms with Crippen LogP contribution in [0, 0.1) is 6.92 Å². The molecule has 29 heavy (non-hydrogen) atoms. The Morgan fingerprint density at radius 3 is 2.21 bits per heavy atom. The summed E-state index contributed by atoms with van der Waals surface area (Å²) in [6, 6.07) is 22.7. The molecule has 3 rings (SSSR count). The topological polar surface area (TPSA) is 57.7 Å². The summed E-state index contributed by atoms with van der Waals surface area (Å²) < 4.78 is 27.4. The Labute approximate surface area is 172 Å². The maximum atomic E-state index is 13.2. The normalized spacial score (nSPS) is 11.1. The number of para-hydroxylation sites is 2. The van der Waals surface area contributed by atoms with Crippen LogP contribution in [0.2, 0.25) is 0 Å². The van der Waals surface area contributed by atoms with Crippen molar-refractivity contribution in [3.05, 3.63) is 90.0 Å². The van der Waals surface area contributed by atoms with Crippen molar-refractivity contribution in [2.45, 2.75) is 18.7 Å². The standard InChI is InChI=1S/C23H24N2O3S/c1-4-25(22-16-9-8-11-18(22)2)23(26)19-12-10-15-21(17-19)29(27,28)24(3)20-13-6-5-7-14-20/h5-17H,4H2,1-3H3. The van der Waals surface area contributed by atoms with Crippen LogP contribution in [0.15, 0.2) is 83.8 Å². The average molecular weight is 409 g/mol. The van der Waals surface area contributed by atoms with Gasteiger partial charge in [-0.05, 0) is 55.8 Å². The third-order valence-corrected chi connectivity index (χ3v) is 6.61. The fourth-order valence-electron chi connectivity index (χ4n) is 3.17. The molecule has 0 aliphatic rings. The highest BCUT2D eigenvalue weighted by Gasteiger charge is 2.24. The van der Waals surface area contributed by atoms with E-state index >= 15 is 0 Å². The van der Waals surface area contributed by atoms with Gasteiger partial charge in [0.25, 0.3) is 15.9 Å². The van der Waals surface area contributed by atoms with Crippen LogP contribution < -0.4 is 9.21 Å². The van der Waals surface area contributed by atoms with E-state index < -0.39 is 10.0 Å². The highest BCUT2D eigenvalue weighted by molar-refractivity contribution is 7.92. The van der Waals surface area contributed by atoms with Gasteiger partial charge in [0.1, 0.15) is 0 Å². The van der Waals surface area contributed by atoms with E-state index in [1.54, 1.807) is 41.3 Å². The molecular weight excluding hydrogens is 384 g/mol. The zero-order chi connectivity index (χ0) is 21.0. The molecule has 0 atom stereocenters. The maximum absolute atomic E-state index is 13.2. The minimum absolute atomic E-state index is 0.0792. The number of carbonyl (C=O) groups excluding carboxylic acids is 1. The Bertz CT molecular complexity index is 1110. The van der Waals surface area contributed by atoms with Gasteiger partial charge in [0.05, 0.1) is 10.6 Å². The Morgan fingerprint density at radius 2 is 1.55 bits per heavy atom. The summed E-state index contributed by atoms with van der Waals surface area (Å²) in [5.74, 6) is -0.235. The van der Waals surface area contributed by atoms with Gasteiger partial charge in [-0.25, -0.2) is 8.42 Å². The van der Waals surface area contributed by atoms with Crippen molar-refractivity contribution in [2.24, 2.45) is 0 Å². The van der Waals surface area contributed by atoms with Crippen LogP contribution in [0.1, 0.15) is 22.8 Å². The molecule has 0 aliphatic heterocycles. The van der Waals surface area contributed by atoms with Gasteiger partial charge in [0, 0.05) is 24.8 Å². The summed E-state index contributed by atoms with van der Waals surface area (Å²) in [5, 5.41) is 0. The lowest BCUT2D eigenvalue weighted by atomic mass is 10.1. The van der Waals surface area contributed by atoms with Crippen molar-refractivity contribution in [3.8, 4) is 0 Å². The molecule has 0 aromatic heterocycles. The Balaban J connectivity index is 1.96. The summed E-state index contributed by atoms with van der Waals surface area (Å²) in [7, 11) is -2.29. The quantitative estimate of drug-likeness (QED) is 0.604. The second kappa shape index (κ2) is 8.49. The van der Waals surface area contributed by atoms with E-state index in [0.717, 1.165) is 11.3 Å². The minimum Gasteiger partial charge on any atom is -0.308 e. The molecule has 0 heterocycles. The number of benzene rings is 3. The number of anilines is 2. The highest BCUT2D eigenvalue weighted by atomic mass is 32.2. The lowest BCUT2D eigenvalue weighted by Gasteiger charge is -2.24. The van der Waals surface area contributed by atoms with Crippen LogP contribution in [0.4, 0.5) is 11.4 Å². The van der Waals surface area contributed by atoms with E-state index in [-0.39, 0.29) is 10.8 Å². The van der Waals surface area contributed by atoms with Gasteiger partial charge in [-0.15, -0.1) is 0 Å². The molecule has 5 nitrogen and oxygen atoms in total. The number of nitrogens with zero attached hydrogens (tertiary/aromatic N) is 2. The predicted molar refractivity (Wildman–Crippen MR) is 117 cm³/mol. The van der Waals surface area contributed by atoms with Crippen molar-refractivity contribution in [3.63, 3.8) is 0 Å². The van der Waals surface area contributed by atoms with Crippen LogP contribution in [-0.2, 0) is 10.0 Å². The number of sulfonamides is 1. The molecule has 0 bridgehead atoms. The van der Waals surface area contributed by atoms with E-state index in [0.29, 0.717) is 17.8 Å². The molecule has 0 saturated heterocycles. The van der Waals surface area contributed by atoms with Gasteiger partial charge in [0.15, 0.2) is 0 Å². The first-order valence-corrected chi connectivity index (χ1v) is 10.8. The zero-order valence-corrected chi connectivity index (χ0v) is 17.6. The summed E-state index contributed by atoms with van der Waals surface area (Å²) in [4.78, 5) is 14.9. The summed E-state index contributed by atoms with van der Waals surface area (Å²) >= 11 is 0. The predicted octanol–water partition coefficient (Wildman–Crippen LogP) is 4.49. The van der Waals surface area contributed by atoms with Crippen LogP contribution in [0.25, 0.3) is 0 Å². The molecule has 0 fully saturated rings. The maximum Gasteiger partial charge on any atom is 0.264 e. The molecular formula is C23H24N2O3S. The molecule has 3 aromatic carbocycles. The van der Waals surface area contributed by atoms with Gasteiger partial charge in [-0.2, -0.15) is 0 Å². The molecule has 0 saturated carbocycles. The van der Waals surface area contributed by atoms with E-state index in [1.807, 2.05) is 44.2 Å². The number of aryl methyl sites for hydroxylation is 1. The monoisotopic (exact) mass is 408 g/mol. The van der Waals surface area contributed by atoms with Crippen LogP contribution >= 0.6 is 0 Å². The summed E-state index contributed by atoms with van der Waals surface area (Å²) in [6.07, 6.45) is 0. The fraction of sp³-hybridized carbons (Fsp3) is 0.174. The van der Waals surface area contributed by atoms with E-state index in [2.05, 4.69) is 0 Å². The largest absolute Gasteiger partial charge is 0.308 e. The molecule has 3 aromatic rings. The van der Waals surface area contributed by atoms with Crippen LogP contribution in [0.5, 0.6) is 0 Å². The zero-order valence-electron chi connectivity index (χ0n) is 16.7. The SMILES string of the molecule is CCN(C(=O)c1cccc(S(=O)(=O)N(C)c2ccccc2)c1)c1ccccc1C. The lowest BCUT2D eigenvalue weighted by Crippen LogP contribution is -2.31. The van der Waals surface area contributed by atoms with Crippen molar-refractivity contribution in [1.29, 1.82) is 0 Å². The van der Waals surface area contributed by atoms with Crippen molar-refractivity contribution >= 4 is 27.3 Å². The van der Waals surface area contributed by atoms with Gasteiger partial charge >= 0.3 is 0 Å². The Morgan fingerprint density at radius 1 is 0.897 bits per heavy atom. The highest BCUT2D eigenvalue weighted by Crippen LogP contribution is 2.25. The first-order valence-electron chi connectivity index (χ1n) is 9.37. The first-order chi connectivity index (χ1) is 13.9.